The molecule has 0 saturated heterocycles. The van der Waals surface area contributed by atoms with Gasteiger partial charge >= 0.3 is 0 Å². The zero-order chi connectivity index (χ0) is 9.26. The third kappa shape index (κ3) is 1.89. The van der Waals surface area contributed by atoms with Gasteiger partial charge in [-0.25, -0.2) is 0 Å². The molecule has 1 nitrogen and oxygen atoms in total. The van der Waals surface area contributed by atoms with Gasteiger partial charge in [-0.05, 0) is 11.1 Å². The highest BCUT2D eigenvalue weighted by atomic mass is 127. The van der Waals surface area contributed by atoms with Gasteiger partial charge in [0.25, 0.3) is 0 Å². The van der Waals surface area contributed by atoms with Crippen LogP contribution in [-0.4, -0.2) is 10.5 Å². The highest BCUT2D eigenvalue weighted by Crippen LogP contribution is 2.32. The van der Waals surface area contributed by atoms with Crippen LogP contribution in [0.3, 0.4) is 0 Å². The Morgan fingerprint density at radius 3 is 3.00 bits per heavy atom. The Bertz CT molecular complexity index is 296. The van der Waals surface area contributed by atoms with Gasteiger partial charge in [0.15, 0.2) is 0 Å². The molecule has 0 spiro atoms. The summed E-state index contributed by atoms with van der Waals surface area (Å²) in [5, 5.41) is 0. The minimum Gasteiger partial charge on any atom is -0.376 e. The largest absolute Gasteiger partial charge is 0.376 e. The van der Waals surface area contributed by atoms with Crippen LogP contribution in [0.4, 0.5) is 0 Å². The highest BCUT2D eigenvalue weighted by molar-refractivity contribution is 14.1. The summed E-state index contributed by atoms with van der Waals surface area (Å²) in [7, 11) is 0. The zero-order valence-corrected chi connectivity index (χ0v) is 9.82. The molecular formula is C11H13IO. The van der Waals surface area contributed by atoms with E-state index in [0.717, 1.165) is 13.2 Å². The molecule has 1 aliphatic rings. The maximum atomic E-state index is 5.57. The van der Waals surface area contributed by atoms with Crippen LogP contribution >= 0.6 is 22.6 Å². The van der Waals surface area contributed by atoms with Crippen LogP contribution in [0.2, 0.25) is 0 Å². The molecule has 0 bridgehead atoms. The van der Waals surface area contributed by atoms with Crippen molar-refractivity contribution in [2.75, 3.05) is 6.61 Å². The van der Waals surface area contributed by atoms with E-state index in [4.69, 9.17) is 4.74 Å². The molecule has 2 rings (SSSR count). The van der Waals surface area contributed by atoms with Crippen LogP contribution < -0.4 is 0 Å². The molecule has 13 heavy (non-hydrogen) atoms. The Hall–Kier alpha value is -0.0900. The average Bonchev–Trinajstić information content (AvgIpc) is 2.17. The van der Waals surface area contributed by atoms with Crippen molar-refractivity contribution in [1.29, 1.82) is 0 Å². The van der Waals surface area contributed by atoms with Crippen molar-refractivity contribution in [2.45, 2.75) is 23.4 Å². The van der Waals surface area contributed by atoms with E-state index in [1.165, 1.54) is 11.1 Å². The minimum atomic E-state index is 0.575. The predicted octanol–water partition coefficient (Wildman–Crippen LogP) is 3.12. The average molecular weight is 288 g/mol. The number of hydrogen-bond acceptors (Lipinski definition) is 1. The van der Waals surface area contributed by atoms with Crippen molar-refractivity contribution in [3.05, 3.63) is 35.4 Å². The number of hydrogen-bond donors (Lipinski definition) is 0. The number of rotatable bonds is 1. The van der Waals surface area contributed by atoms with E-state index >= 15 is 0 Å². The predicted molar refractivity (Wildman–Crippen MR) is 62.3 cm³/mol. The minimum absolute atomic E-state index is 0.575. The third-order valence-corrected chi connectivity index (χ3v) is 3.43. The summed E-state index contributed by atoms with van der Waals surface area (Å²) < 4.78 is 6.20. The highest BCUT2D eigenvalue weighted by Gasteiger charge is 2.23. The molecule has 1 aliphatic heterocycles. The molecule has 0 radical (unpaired) electrons. The normalized spacial score (nSPS) is 23.7. The fourth-order valence-corrected chi connectivity index (χ4v) is 2.39. The molecular weight excluding hydrogens is 275 g/mol. The molecule has 1 heterocycles. The molecule has 1 aromatic carbocycles. The van der Waals surface area contributed by atoms with Crippen LogP contribution in [0.1, 0.15) is 24.0 Å². The summed E-state index contributed by atoms with van der Waals surface area (Å²) in [6.45, 7) is 3.91. The van der Waals surface area contributed by atoms with E-state index in [9.17, 15) is 0 Å². The van der Waals surface area contributed by atoms with Gasteiger partial charge in [0.1, 0.15) is 0 Å². The maximum absolute atomic E-state index is 5.57. The fraction of sp³-hybridized carbons (Fsp3) is 0.455. The summed E-state index contributed by atoms with van der Waals surface area (Å²) in [5.41, 5.74) is 2.85. The molecule has 0 saturated carbocycles. The summed E-state index contributed by atoms with van der Waals surface area (Å²) in [5.74, 6) is 0.575. The monoisotopic (exact) mass is 288 g/mol. The van der Waals surface area contributed by atoms with Crippen molar-refractivity contribution in [3.63, 3.8) is 0 Å². The molecule has 0 aromatic heterocycles. The van der Waals surface area contributed by atoms with Crippen molar-refractivity contribution in [3.8, 4) is 0 Å². The van der Waals surface area contributed by atoms with Gasteiger partial charge in [0.05, 0.1) is 13.2 Å². The number of alkyl halides is 1. The number of benzene rings is 1. The van der Waals surface area contributed by atoms with E-state index in [1.807, 2.05) is 0 Å². The first-order valence-corrected chi connectivity index (χ1v) is 5.83. The molecule has 0 amide bonds. The zero-order valence-electron chi connectivity index (χ0n) is 7.66. The number of ether oxygens (including phenoxy) is 1. The number of halogens is 1. The van der Waals surface area contributed by atoms with Gasteiger partial charge in [0.2, 0.25) is 0 Å². The fourth-order valence-electron chi connectivity index (χ4n) is 1.79. The second-order valence-corrected chi connectivity index (χ2v) is 5.46. The molecule has 2 unspecified atom stereocenters. The topological polar surface area (TPSA) is 9.23 Å². The summed E-state index contributed by atoms with van der Waals surface area (Å²) in [4.78, 5) is 0. The first-order valence-electron chi connectivity index (χ1n) is 4.58. The lowest BCUT2D eigenvalue weighted by Gasteiger charge is -2.27. The summed E-state index contributed by atoms with van der Waals surface area (Å²) in [6, 6.07) is 8.61. The SMILES string of the molecule is CC(I)C1COCc2ccccc21. The molecule has 2 atom stereocenters. The van der Waals surface area contributed by atoms with Crippen molar-refractivity contribution in [2.24, 2.45) is 0 Å². The Morgan fingerprint density at radius 1 is 1.46 bits per heavy atom. The lowest BCUT2D eigenvalue weighted by Crippen LogP contribution is -2.22. The van der Waals surface area contributed by atoms with Gasteiger partial charge in [0, 0.05) is 9.84 Å². The van der Waals surface area contributed by atoms with Crippen LogP contribution in [0.25, 0.3) is 0 Å². The Morgan fingerprint density at radius 2 is 2.23 bits per heavy atom. The van der Waals surface area contributed by atoms with Crippen LogP contribution in [0.15, 0.2) is 24.3 Å². The Kier molecular flexibility index (Phi) is 2.89. The smallest absolute Gasteiger partial charge is 0.0719 e. The second-order valence-electron chi connectivity index (χ2n) is 3.50. The third-order valence-electron chi connectivity index (χ3n) is 2.56. The lowest BCUT2D eigenvalue weighted by molar-refractivity contribution is 0.0922. The Balaban J connectivity index is 2.37. The van der Waals surface area contributed by atoms with Crippen molar-refractivity contribution >= 4 is 22.6 Å². The van der Waals surface area contributed by atoms with Gasteiger partial charge in [-0.3, -0.25) is 0 Å². The summed E-state index contributed by atoms with van der Waals surface area (Å²) in [6.07, 6.45) is 0. The van der Waals surface area contributed by atoms with Gasteiger partial charge in [-0.2, -0.15) is 0 Å². The lowest BCUT2D eigenvalue weighted by atomic mass is 9.91. The van der Waals surface area contributed by atoms with Crippen molar-refractivity contribution in [1.82, 2.24) is 0 Å². The van der Waals surface area contributed by atoms with E-state index in [-0.39, 0.29) is 0 Å². The molecule has 70 valence electrons. The van der Waals surface area contributed by atoms with E-state index in [2.05, 4.69) is 53.8 Å². The van der Waals surface area contributed by atoms with Gasteiger partial charge in [-0.15, -0.1) is 0 Å². The van der Waals surface area contributed by atoms with E-state index in [0.29, 0.717) is 9.84 Å². The molecule has 0 fully saturated rings. The molecule has 2 heteroatoms. The van der Waals surface area contributed by atoms with E-state index in [1.54, 1.807) is 0 Å². The van der Waals surface area contributed by atoms with Crippen LogP contribution in [0, 0.1) is 0 Å². The van der Waals surface area contributed by atoms with Gasteiger partial charge < -0.3 is 4.74 Å². The first kappa shape index (κ1) is 9.46. The first-order chi connectivity index (χ1) is 6.29. The van der Waals surface area contributed by atoms with E-state index < -0.39 is 0 Å². The van der Waals surface area contributed by atoms with Crippen LogP contribution in [0.5, 0.6) is 0 Å². The quantitative estimate of drug-likeness (QED) is 0.570. The van der Waals surface area contributed by atoms with Crippen LogP contribution in [-0.2, 0) is 11.3 Å². The second kappa shape index (κ2) is 3.96. The standard InChI is InChI=1S/C11H13IO/c1-8(12)11-7-13-6-9-4-2-3-5-10(9)11/h2-5,8,11H,6-7H2,1H3. The summed E-state index contributed by atoms with van der Waals surface area (Å²) >= 11 is 2.48. The Labute approximate surface area is 92.6 Å². The number of fused-ring (bicyclic) bond motifs is 1. The maximum Gasteiger partial charge on any atom is 0.0719 e. The van der Waals surface area contributed by atoms with Crippen molar-refractivity contribution < 1.29 is 4.74 Å². The molecule has 0 N–H and O–H groups in total. The van der Waals surface area contributed by atoms with Gasteiger partial charge in [-0.1, -0.05) is 53.8 Å². The molecule has 1 aromatic rings. The molecule has 0 aliphatic carbocycles.